The Morgan fingerprint density at radius 3 is 2.78 bits per heavy atom. The summed E-state index contributed by atoms with van der Waals surface area (Å²) < 4.78 is 5.57. The molecule has 1 aliphatic heterocycles. The van der Waals surface area contributed by atoms with Gasteiger partial charge in [-0.2, -0.15) is 0 Å². The van der Waals surface area contributed by atoms with Gasteiger partial charge in [0.1, 0.15) is 12.4 Å². The molecule has 0 spiro atoms. The molecular weight excluding hydrogens is 230 g/mol. The molecule has 1 heterocycles. The molecule has 4 nitrogen and oxygen atoms in total. The highest BCUT2D eigenvalue weighted by atomic mass is 16.5. The summed E-state index contributed by atoms with van der Waals surface area (Å²) in [5.74, 6) is -0.373. The van der Waals surface area contributed by atoms with E-state index in [1.165, 1.54) is 0 Å². The largest absolute Gasteiger partial charge is 0.492 e. The number of hydrogen-bond donors (Lipinski definition) is 1. The average Bonchev–Trinajstić information content (AvgIpc) is 2.39. The molecule has 0 radical (unpaired) electrons. The second-order valence-corrected chi connectivity index (χ2v) is 4.51. The number of hydrogen-bond acceptors (Lipinski definition) is 3. The van der Waals surface area contributed by atoms with Crippen LogP contribution in [-0.2, 0) is 11.2 Å². The molecule has 1 N–H and O–H groups in total. The second kappa shape index (κ2) is 5.29. The van der Waals surface area contributed by atoms with E-state index in [1.54, 1.807) is 0 Å². The first-order valence-electron chi connectivity index (χ1n) is 6.39. The molecule has 98 valence electrons. The van der Waals surface area contributed by atoms with Gasteiger partial charge in [0, 0.05) is 24.8 Å². The Balaban J connectivity index is 2.22. The number of carbonyl (C=O) groups is 1. The van der Waals surface area contributed by atoms with Crippen LogP contribution in [0.5, 0.6) is 5.75 Å². The molecule has 0 saturated carbocycles. The molecule has 0 aliphatic carbocycles. The first kappa shape index (κ1) is 12.7. The lowest BCUT2D eigenvalue weighted by Gasteiger charge is -2.26. The van der Waals surface area contributed by atoms with Crippen molar-refractivity contribution in [3.63, 3.8) is 0 Å². The standard InChI is InChI=1S/C14H19NO3/c1-3-15(4-2)12-6-5-10-7-11(14(16)17)9-18-13(10)8-12/h5-6,8,11H,3-4,7,9H2,1-2H3,(H,16,17). The van der Waals surface area contributed by atoms with Crippen molar-refractivity contribution in [1.29, 1.82) is 0 Å². The molecule has 0 saturated heterocycles. The van der Waals surface area contributed by atoms with Crippen LogP contribution in [0.3, 0.4) is 0 Å². The molecule has 1 atom stereocenters. The molecule has 2 rings (SSSR count). The van der Waals surface area contributed by atoms with Crippen LogP contribution in [0.4, 0.5) is 5.69 Å². The summed E-state index contributed by atoms with van der Waals surface area (Å²) in [6, 6.07) is 6.04. The van der Waals surface area contributed by atoms with Crippen LogP contribution < -0.4 is 9.64 Å². The average molecular weight is 249 g/mol. The maximum atomic E-state index is 10.9. The fourth-order valence-corrected chi connectivity index (χ4v) is 2.31. The summed E-state index contributed by atoms with van der Waals surface area (Å²) in [6.07, 6.45) is 0.559. The van der Waals surface area contributed by atoms with E-state index < -0.39 is 11.9 Å². The van der Waals surface area contributed by atoms with Crippen molar-refractivity contribution in [3.8, 4) is 5.75 Å². The van der Waals surface area contributed by atoms with Gasteiger partial charge in [-0.25, -0.2) is 0 Å². The monoisotopic (exact) mass is 249 g/mol. The third kappa shape index (κ3) is 2.42. The predicted octanol–water partition coefficient (Wildman–Crippen LogP) is 2.17. The van der Waals surface area contributed by atoms with Gasteiger partial charge in [0.25, 0.3) is 0 Å². The zero-order chi connectivity index (χ0) is 13.1. The molecule has 0 amide bonds. The van der Waals surface area contributed by atoms with Crippen LogP contribution >= 0.6 is 0 Å². The van der Waals surface area contributed by atoms with Crippen LogP contribution in [-0.4, -0.2) is 30.8 Å². The Morgan fingerprint density at radius 1 is 1.44 bits per heavy atom. The molecule has 1 unspecified atom stereocenters. The summed E-state index contributed by atoms with van der Waals surface area (Å²) in [7, 11) is 0. The van der Waals surface area contributed by atoms with E-state index in [1.807, 2.05) is 18.2 Å². The number of benzene rings is 1. The van der Waals surface area contributed by atoms with E-state index >= 15 is 0 Å². The van der Waals surface area contributed by atoms with Crippen LogP contribution in [0.2, 0.25) is 0 Å². The summed E-state index contributed by atoms with van der Waals surface area (Å²) in [6.45, 7) is 6.40. The van der Waals surface area contributed by atoms with Gasteiger partial charge < -0.3 is 14.7 Å². The lowest BCUT2D eigenvalue weighted by molar-refractivity contribution is -0.143. The SMILES string of the molecule is CCN(CC)c1ccc2c(c1)OCC(C(=O)O)C2. The Hall–Kier alpha value is -1.71. The highest BCUT2D eigenvalue weighted by molar-refractivity contribution is 5.71. The summed E-state index contributed by atoms with van der Waals surface area (Å²) in [4.78, 5) is 13.2. The van der Waals surface area contributed by atoms with Crippen LogP contribution in [0.25, 0.3) is 0 Å². The van der Waals surface area contributed by atoms with Gasteiger partial charge in [0.05, 0.1) is 5.92 Å². The first-order valence-corrected chi connectivity index (χ1v) is 6.39. The van der Waals surface area contributed by atoms with Crippen molar-refractivity contribution >= 4 is 11.7 Å². The zero-order valence-corrected chi connectivity index (χ0v) is 10.8. The van der Waals surface area contributed by atoms with Gasteiger partial charge in [-0.3, -0.25) is 4.79 Å². The van der Waals surface area contributed by atoms with Crippen LogP contribution in [0.15, 0.2) is 18.2 Å². The first-order chi connectivity index (χ1) is 8.65. The summed E-state index contributed by atoms with van der Waals surface area (Å²) in [5.41, 5.74) is 2.12. The van der Waals surface area contributed by atoms with E-state index in [0.717, 1.165) is 30.1 Å². The smallest absolute Gasteiger partial charge is 0.310 e. The van der Waals surface area contributed by atoms with Crippen molar-refractivity contribution in [2.24, 2.45) is 5.92 Å². The van der Waals surface area contributed by atoms with Gasteiger partial charge in [-0.05, 0) is 31.9 Å². The van der Waals surface area contributed by atoms with Crippen molar-refractivity contribution in [3.05, 3.63) is 23.8 Å². The van der Waals surface area contributed by atoms with E-state index in [4.69, 9.17) is 9.84 Å². The number of fused-ring (bicyclic) bond motifs is 1. The molecule has 18 heavy (non-hydrogen) atoms. The van der Waals surface area contributed by atoms with E-state index in [2.05, 4.69) is 18.7 Å². The number of anilines is 1. The molecule has 4 heteroatoms. The normalized spacial score (nSPS) is 17.8. The quantitative estimate of drug-likeness (QED) is 0.888. The van der Waals surface area contributed by atoms with E-state index in [9.17, 15) is 4.79 Å². The van der Waals surface area contributed by atoms with Crippen molar-refractivity contribution < 1.29 is 14.6 Å². The summed E-state index contributed by atoms with van der Waals surface area (Å²) in [5, 5.41) is 8.99. The van der Waals surface area contributed by atoms with E-state index in [0.29, 0.717) is 6.42 Å². The molecule has 0 bridgehead atoms. The summed E-state index contributed by atoms with van der Waals surface area (Å²) >= 11 is 0. The van der Waals surface area contributed by atoms with Crippen molar-refractivity contribution in [1.82, 2.24) is 0 Å². The minimum absolute atomic E-state index is 0.268. The predicted molar refractivity (Wildman–Crippen MR) is 70.3 cm³/mol. The lowest BCUT2D eigenvalue weighted by Crippen LogP contribution is -2.28. The Kier molecular flexibility index (Phi) is 3.75. The van der Waals surface area contributed by atoms with Gasteiger partial charge in [0.2, 0.25) is 0 Å². The molecule has 1 aromatic rings. The maximum Gasteiger partial charge on any atom is 0.310 e. The topological polar surface area (TPSA) is 49.8 Å². The van der Waals surface area contributed by atoms with Gasteiger partial charge >= 0.3 is 5.97 Å². The molecule has 0 aromatic heterocycles. The number of rotatable bonds is 4. The highest BCUT2D eigenvalue weighted by Gasteiger charge is 2.25. The van der Waals surface area contributed by atoms with Crippen LogP contribution in [0, 0.1) is 5.92 Å². The van der Waals surface area contributed by atoms with Gasteiger partial charge in [0.15, 0.2) is 0 Å². The Bertz CT molecular complexity index is 441. The van der Waals surface area contributed by atoms with Gasteiger partial charge in [-0.1, -0.05) is 6.07 Å². The number of aliphatic carboxylic acids is 1. The number of ether oxygens (including phenoxy) is 1. The third-order valence-electron chi connectivity index (χ3n) is 3.43. The van der Waals surface area contributed by atoms with Crippen molar-refractivity contribution in [2.45, 2.75) is 20.3 Å². The van der Waals surface area contributed by atoms with Crippen LogP contribution in [0.1, 0.15) is 19.4 Å². The molecular formula is C14H19NO3. The number of carboxylic acids is 1. The Labute approximate surface area is 107 Å². The minimum Gasteiger partial charge on any atom is -0.492 e. The van der Waals surface area contributed by atoms with E-state index in [-0.39, 0.29) is 6.61 Å². The lowest BCUT2D eigenvalue weighted by atomic mass is 9.96. The highest BCUT2D eigenvalue weighted by Crippen LogP contribution is 2.31. The molecule has 1 aromatic carbocycles. The molecule has 1 aliphatic rings. The minimum atomic E-state index is -0.784. The fourth-order valence-electron chi connectivity index (χ4n) is 2.31. The van der Waals surface area contributed by atoms with Gasteiger partial charge in [-0.15, -0.1) is 0 Å². The second-order valence-electron chi connectivity index (χ2n) is 4.51. The number of carboxylic acid groups (broad SMARTS) is 1. The van der Waals surface area contributed by atoms with Crippen molar-refractivity contribution in [2.75, 3.05) is 24.6 Å². The third-order valence-corrected chi connectivity index (χ3v) is 3.43. The maximum absolute atomic E-state index is 10.9. The number of nitrogens with zero attached hydrogens (tertiary/aromatic N) is 1. The zero-order valence-electron chi connectivity index (χ0n) is 10.8. The fraction of sp³-hybridized carbons (Fsp3) is 0.500. The molecule has 0 fully saturated rings. The Morgan fingerprint density at radius 2 is 2.17 bits per heavy atom.